The van der Waals surface area contributed by atoms with Crippen molar-refractivity contribution < 1.29 is 26.0 Å². The maximum atomic E-state index is 13.0. The molecule has 0 aromatic heterocycles. The lowest BCUT2D eigenvalue weighted by Crippen LogP contribution is -2.57. The molecule has 1 N–H and O–H groups in total. The number of carbonyl (C=O) groups excluding carboxylic acids is 1. The van der Waals surface area contributed by atoms with Crippen LogP contribution in [-0.2, 0) is 24.7 Å². The summed E-state index contributed by atoms with van der Waals surface area (Å²) in [4.78, 5) is 13.5. The zero-order chi connectivity index (χ0) is 21.2. The van der Waals surface area contributed by atoms with Crippen LogP contribution >= 0.6 is 11.6 Å². The Morgan fingerprint density at radius 3 is 2.34 bits per heavy atom. The zero-order valence-corrected chi connectivity index (χ0v) is 17.5. The van der Waals surface area contributed by atoms with Crippen LogP contribution < -0.4 is 4.72 Å². The molecule has 156 valence electrons. The van der Waals surface area contributed by atoms with Crippen LogP contribution in [0.1, 0.15) is 6.42 Å². The second-order valence-electron chi connectivity index (χ2n) is 6.52. The maximum absolute atomic E-state index is 13.0. The van der Waals surface area contributed by atoms with Crippen molar-refractivity contribution in [2.75, 3.05) is 19.6 Å². The standard InChI is InChI=1S/C18H18ClFN2O5S2/c19-13-2-1-3-16(10-13)29(26,27)21-9-8-18(23)22-11-17(12-22)28(24,25)15-6-4-14(20)5-7-15/h1-7,10,17,21H,8-9,11-12H2. The molecular formula is C18H18ClFN2O5S2. The van der Waals surface area contributed by atoms with Crippen molar-refractivity contribution >= 4 is 37.4 Å². The Labute approximate surface area is 173 Å². The minimum Gasteiger partial charge on any atom is -0.340 e. The molecular weight excluding hydrogens is 443 g/mol. The van der Waals surface area contributed by atoms with Crippen LogP contribution in [0.5, 0.6) is 0 Å². The van der Waals surface area contributed by atoms with Crippen molar-refractivity contribution in [2.45, 2.75) is 21.5 Å². The Hall–Kier alpha value is -2.01. The monoisotopic (exact) mass is 460 g/mol. The number of hydrogen-bond acceptors (Lipinski definition) is 5. The smallest absolute Gasteiger partial charge is 0.240 e. The van der Waals surface area contributed by atoms with Crippen molar-refractivity contribution in [3.8, 4) is 0 Å². The maximum Gasteiger partial charge on any atom is 0.240 e. The van der Waals surface area contributed by atoms with E-state index in [-0.39, 0.29) is 46.8 Å². The zero-order valence-electron chi connectivity index (χ0n) is 15.1. The number of amides is 1. The van der Waals surface area contributed by atoms with Gasteiger partial charge < -0.3 is 4.90 Å². The Morgan fingerprint density at radius 2 is 1.72 bits per heavy atom. The molecule has 3 rings (SSSR count). The molecule has 1 heterocycles. The van der Waals surface area contributed by atoms with E-state index in [1.54, 1.807) is 6.07 Å². The largest absolute Gasteiger partial charge is 0.340 e. The quantitative estimate of drug-likeness (QED) is 0.635. The summed E-state index contributed by atoms with van der Waals surface area (Å²) in [6.45, 7) is -0.0985. The number of carbonyl (C=O) groups is 1. The minimum atomic E-state index is -3.80. The topological polar surface area (TPSA) is 101 Å². The van der Waals surface area contributed by atoms with Gasteiger partial charge in [-0.2, -0.15) is 0 Å². The average Bonchev–Trinajstić information content (AvgIpc) is 2.60. The highest BCUT2D eigenvalue weighted by Crippen LogP contribution is 2.24. The van der Waals surface area contributed by atoms with Crippen LogP contribution in [0.3, 0.4) is 0 Å². The number of nitrogens with one attached hydrogen (secondary N) is 1. The predicted molar refractivity (Wildman–Crippen MR) is 105 cm³/mol. The predicted octanol–water partition coefficient (Wildman–Crippen LogP) is 1.83. The number of hydrogen-bond donors (Lipinski definition) is 1. The van der Waals surface area contributed by atoms with E-state index in [4.69, 9.17) is 11.6 Å². The fourth-order valence-electron chi connectivity index (χ4n) is 2.82. The fourth-order valence-corrected chi connectivity index (χ4v) is 5.81. The van der Waals surface area contributed by atoms with E-state index in [0.717, 1.165) is 12.1 Å². The van der Waals surface area contributed by atoms with Crippen LogP contribution in [0, 0.1) is 5.82 Å². The van der Waals surface area contributed by atoms with Crippen molar-refractivity contribution in [3.63, 3.8) is 0 Å². The summed E-state index contributed by atoms with van der Waals surface area (Å²) < 4.78 is 64.6. The second-order valence-corrected chi connectivity index (χ2v) is 11.0. The van der Waals surface area contributed by atoms with Crippen molar-refractivity contribution in [2.24, 2.45) is 0 Å². The van der Waals surface area contributed by atoms with E-state index in [1.807, 2.05) is 0 Å². The lowest BCUT2D eigenvalue weighted by atomic mass is 10.2. The number of rotatable bonds is 7. The molecule has 1 aliphatic heterocycles. The lowest BCUT2D eigenvalue weighted by Gasteiger charge is -2.38. The first-order valence-electron chi connectivity index (χ1n) is 8.62. The molecule has 0 radical (unpaired) electrons. The summed E-state index contributed by atoms with van der Waals surface area (Å²) in [7, 11) is -7.45. The normalized spacial score (nSPS) is 15.2. The van der Waals surface area contributed by atoms with E-state index < -0.39 is 30.9 Å². The SMILES string of the molecule is O=C(CCNS(=O)(=O)c1cccc(Cl)c1)N1CC(S(=O)(=O)c2ccc(F)cc2)C1. The number of nitrogens with zero attached hydrogens (tertiary/aromatic N) is 1. The van der Waals surface area contributed by atoms with E-state index in [9.17, 15) is 26.0 Å². The van der Waals surface area contributed by atoms with Gasteiger partial charge in [-0.15, -0.1) is 0 Å². The van der Waals surface area contributed by atoms with E-state index in [0.29, 0.717) is 0 Å². The van der Waals surface area contributed by atoms with Crippen molar-refractivity contribution in [1.82, 2.24) is 9.62 Å². The first-order valence-corrected chi connectivity index (χ1v) is 12.0. The Morgan fingerprint density at radius 1 is 1.07 bits per heavy atom. The van der Waals surface area contributed by atoms with E-state index in [1.165, 1.54) is 35.2 Å². The fraction of sp³-hybridized carbons (Fsp3) is 0.278. The van der Waals surface area contributed by atoms with Gasteiger partial charge in [-0.05, 0) is 42.5 Å². The van der Waals surface area contributed by atoms with Gasteiger partial charge in [-0.25, -0.2) is 25.9 Å². The van der Waals surface area contributed by atoms with Crippen LogP contribution in [0.2, 0.25) is 5.02 Å². The molecule has 1 fully saturated rings. The Bertz CT molecular complexity index is 1120. The van der Waals surface area contributed by atoms with Crippen LogP contribution in [-0.4, -0.2) is 52.5 Å². The van der Waals surface area contributed by atoms with Gasteiger partial charge in [0, 0.05) is 31.1 Å². The van der Waals surface area contributed by atoms with E-state index >= 15 is 0 Å². The van der Waals surface area contributed by atoms with Crippen LogP contribution in [0.4, 0.5) is 4.39 Å². The molecule has 0 atom stereocenters. The summed E-state index contributed by atoms with van der Waals surface area (Å²) in [5.74, 6) is -0.890. The number of benzene rings is 2. The van der Waals surface area contributed by atoms with Gasteiger partial charge in [0.05, 0.1) is 9.79 Å². The van der Waals surface area contributed by atoms with Gasteiger partial charge in [0.1, 0.15) is 11.1 Å². The number of likely N-dealkylation sites (tertiary alicyclic amines) is 1. The third-order valence-electron chi connectivity index (χ3n) is 4.52. The molecule has 1 aliphatic rings. The Balaban J connectivity index is 1.50. The third-order valence-corrected chi connectivity index (χ3v) is 8.32. The lowest BCUT2D eigenvalue weighted by molar-refractivity contribution is -0.134. The molecule has 2 aromatic carbocycles. The van der Waals surface area contributed by atoms with Gasteiger partial charge in [0.15, 0.2) is 9.84 Å². The highest BCUT2D eigenvalue weighted by molar-refractivity contribution is 7.92. The summed E-state index contributed by atoms with van der Waals surface area (Å²) in [6, 6.07) is 10.3. The number of halogens is 2. The molecule has 0 aliphatic carbocycles. The van der Waals surface area contributed by atoms with Gasteiger partial charge in [-0.1, -0.05) is 17.7 Å². The van der Waals surface area contributed by atoms with Gasteiger partial charge in [0.25, 0.3) is 0 Å². The highest BCUT2D eigenvalue weighted by Gasteiger charge is 2.40. The summed E-state index contributed by atoms with van der Waals surface area (Å²) in [5, 5.41) is -0.488. The van der Waals surface area contributed by atoms with Gasteiger partial charge in [-0.3, -0.25) is 4.79 Å². The third kappa shape index (κ3) is 4.95. The van der Waals surface area contributed by atoms with Crippen molar-refractivity contribution in [1.29, 1.82) is 0 Å². The first kappa shape index (κ1) is 21.7. The minimum absolute atomic E-state index is 0.00489. The van der Waals surface area contributed by atoms with Gasteiger partial charge in [0.2, 0.25) is 15.9 Å². The summed E-state index contributed by atoms with van der Waals surface area (Å²) >= 11 is 5.79. The van der Waals surface area contributed by atoms with E-state index in [2.05, 4.69) is 4.72 Å². The van der Waals surface area contributed by atoms with Gasteiger partial charge >= 0.3 is 0 Å². The number of sulfone groups is 1. The molecule has 11 heteroatoms. The Kier molecular flexibility index (Phi) is 6.27. The molecule has 0 saturated carbocycles. The summed E-state index contributed by atoms with van der Waals surface area (Å²) in [5.41, 5.74) is 0. The molecule has 2 aromatic rings. The highest BCUT2D eigenvalue weighted by atomic mass is 35.5. The van der Waals surface area contributed by atoms with Crippen molar-refractivity contribution in [3.05, 3.63) is 59.4 Å². The molecule has 7 nitrogen and oxygen atoms in total. The molecule has 29 heavy (non-hydrogen) atoms. The average molecular weight is 461 g/mol. The molecule has 1 amide bonds. The molecule has 0 bridgehead atoms. The second kappa shape index (κ2) is 8.39. The first-order chi connectivity index (χ1) is 13.6. The molecule has 0 spiro atoms. The summed E-state index contributed by atoms with van der Waals surface area (Å²) in [6.07, 6.45) is -0.108. The number of sulfonamides is 1. The van der Waals surface area contributed by atoms with Crippen LogP contribution in [0.25, 0.3) is 0 Å². The molecule has 0 unspecified atom stereocenters. The molecule has 1 saturated heterocycles. The van der Waals surface area contributed by atoms with Crippen LogP contribution in [0.15, 0.2) is 58.3 Å².